The van der Waals surface area contributed by atoms with E-state index in [9.17, 15) is 0 Å². The van der Waals surface area contributed by atoms with Crippen molar-refractivity contribution < 1.29 is 0 Å². The zero-order chi connectivity index (χ0) is 10.8. The standard InChI is InChI=1S/C11H19N3S/c1-8-7-15-11(12-8)9(2)13-10-4-5-14(3)6-10/h7,9-10,13H,4-6H2,1-3H3. The Kier molecular flexibility index (Phi) is 3.38. The van der Waals surface area contributed by atoms with Crippen LogP contribution in [0.2, 0.25) is 0 Å². The molecule has 1 aliphatic rings. The molecule has 2 atom stereocenters. The highest BCUT2D eigenvalue weighted by Gasteiger charge is 2.21. The molecule has 15 heavy (non-hydrogen) atoms. The largest absolute Gasteiger partial charge is 0.305 e. The van der Waals surface area contributed by atoms with E-state index in [0.717, 1.165) is 12.2 Å². The van der Waals surface area contributed by atoms with Crippen molar-refractivity contribution in [3.63, 3.8) is 0 Å². The molecule has 0 saturated carbocycles. The summed E-state index contributed by atoms with van der Waals surface area (Å²) in [7, 11) is 2.18. The highest BCUT2D eigenvalue weighted by atomic mass is 32.1. The normalized spacial score (nSPS) is 24.6. The maximum absolute atomic E-state index is 4.51. The first-order valence-electron chi connectivity index (χ1n) is 5.52. The van der Waals surface area contributed by atoms with Gasteiger partial charge in [-0.2, -0.15) is 0 Å². The number of nitrogens with zero attached hydrogens (tertiary/aromatic N) is 2. The lowest BCUT2D eigenvalue weighted by molar-refractivity contribution is 0.387. The number of thiazole rings is 1. The van der Waals surface area contributed by atoms with Gasteiger partial charge in [-0.05, 0) is 33.9 Å². The Hall–Kier alpha value is -0.450. The van der Waals surface area contributed by atoms with Gasteiger partial charge in [-0.3, -0.25) is 0 Å². The van der Waals surface area contributed by atoms with Gasteiger partial charge in [0.15, 0.2) is 0 Å². The second-order valence-corrected chi connectivity index (χ2v) is 5.35. The second-order valence-electron chi connectivity index (χ2n) is 4.46. The van der Waals surface area contributed by atoms with Gasteiger partial charge in [0, 0.05) is 23.7 Å². The van der Waals surface area contributed by atoms with E-state index in [1.54, 1.807) is 11.3 Å². The molecule has 1 N–H and O–H groups in total. The summed E-state index contributed by atoms with van der Waals surface area (Å²) in [5.74, 6) is 0. The number of aromatic nitrogens is 1. The van der Waals surface area contributed by atoms with Crippen LogP contribution < -0.4 is 5.32 Å². The minimum Gasteiger partial charge on any atom is -0.305 e. The highest BCUT2D eigenvalue weighted by Crippen LogP contribution is 2.19. The summed E-state index contributed by atoms with van der Waals surface area (Å²) in [4.78, 5) is 6.89. The quantitative estimate of drug-likeness (QED) is 0.850. The summed E-state index contributed by atoms with van der Waals surface area (Å²) in [6.45, 7) is 6.63. The molecule has 2 heterocycles. The summed E-state index contributed by atoms with van der Waals surface area (Å²) >= 11 is 1.75. The number of likely N-dealkylation sites (N-methyl/N-ethyl adjacent to an activating group) is 1. The minimum absolute atomic E-state index is 0.389. The lowest BCUT2D eigenvalue weighted by atomic mass is 10.2. The molecule has 1 aromatic heterocycles. The third-order valence-electron chi connectivity index (χ3n) is 2.88. The Morgan fingerprint density at radius 3 is 3.00 bits per heavy atom. The highest BCUT2D eigenvalue weighted by molar-refractivity contribution is 7.09. The van der Waals surface area contributed by atoms with Crippen LogP contribution in [0.15, 0.2) is 5.38 Å². The van der Waals surface area contributed by atoms with Gasteiger partial charge in [0.1, 0.15) is 5.01 Å². The van der Waals surface area contributed by atoms with E-state index in [1.807, 2.05) is 0 Å². The van der Waals surface area contributed by atoms with Gasteiger partial charge in [-0.25, -0.2) is 4.98 Å². The summed E-state index contributed by atoms with van der Waals surface area (Å²) in [5.41, 5.74) is 1.13. The van der Waals surface area contributed by atoms with E-state index in [1.165, 1.54) is 18.0 Å². The van der Waals surface area contributed by atoms with E-state index in [4.69, 9.17) is 0 Å². The van der Waals surface area contributed by atoms with E-state index >= 15 is 0 Å². The summed E-state index contributed by atoms with van der Waals surface area (Å²) in [6.07, 6.45) is 1.26. The second kappa shape index (κ2) is 4.60. The molecule has 0 spiro atoms. The van der Waals surface area contributed by atoms with Crippen LogP contribution in [0.25, 0.3) is 0 Å². The van der Waals surface area contributed by atoms with Gasteiger partial charge < -0.3 is 10.2 Å². The van der Waals surface area contributed by atoms with Gasteiger partial charge in [0.2, 0.25) is 0 Å². The first kappa shape index (κ1) is 11.0. The number of likely N-dealkylation sites (tertiary alicyclic amines) is 1. The zero-order valence-electron chi connectivity index (χ0n) is 9.66. The van der Waals surface area contributed by atoms with Crippen molar-refractivity contribution in [2.75, 3.05) is 20.1 Å². The molecule has 0 aromatic carbocycles. The molecule has 2 unspecified atom stereocenters. The number of hydrogen-bond donors (Lipinski definition) is 1. The fraction of sp³-hybridized carbons (Fsp3) is 0.727. The summed E-state index contributed by atoms with van der Waals surface area (Å²) in [6, 6.07) is 1.02. The smallest absolute Gasteiger partial charge is 0.110 e. The first-order chi connectivity index (χ1) is 7.15. The third kappa shape index (κ3) is 2.77. The van der Waals surface area contributed by atoms with Crippen LogP contribution in [0.1, 0.15) is 30.1 Å². The van der Waals surface area contributed by atoms with E-state index < -0.39 is 0 Å². The van der Waals surface area contributed by atoms with Gasteiger partial charge in [-0.15, -0.1) is 11.3 Å². The SMILES string of the molecule is Cc1csc(C(C)NC2CCN(C)C2)n1. The Morgan fingerprint density at radius 2 is 2.47 bits per heavy atom. The van der Waals surface area contributed by atoms with Crippen LogP contribution in [0.5, 0.6) is 0 Å². The van der Waals surface area contributed by atoms with Gasteiger partial charge >= 0.3 is 0 Å². The van der Waals surface area contributed by atoms with Gasteiger partial charge in [0.25, 0.3) is 0 Å². The minimum atomic E-state index is 0.389. The lowest BCUT2D eigenvalue weighted by Crippen LogP contribution is -2.33. The molecule has 1 aliphatic heterocycles. The average molecular weight is 225 g/mol. The van der Waals surface area contributed by atoms with E-state index in [2.05, 4.69) is 41.5 Å². The Balaban J connectivity index is 1.89. The van der Waals surface area contributed by atoms with Crippen LogP contribution in [0.4, 0.5) is 0 Å². The molecule has 0 aliphatic carbocycles. The maximum atomic E-state index is 4.51. The molecular formula is C11H19N3S. The average Bonchev–Trinajstić information content (AvgIpc) is 2.75. The topological polar surface area (TPSA) is 28.2 Å². The molecule has 1 saturated heterocycles. The van der Waals surface area contributed by atoms with Crippen molar-refractivity contribution in [3.05, 3.63) is 16.1 Å². The van der Waals surface area contributed by atoms with Crippen molar-refractivity contribution in [2.45, 2.75) is 32.4 Å². The zero-order valence-corrected chi connectivity index (χ0v) is 10.5. The first-order valence-corrected chi connectivity index (χ1v) is 6.39. The molecule has 84 valence electrons. The Morgan fingerprint density at radius 1 is 1.67 bits per heavy atom. The van der Waals surface area contributed by atoms with Crippen LogP contribution >= 0.6 is 11.3 Å². The summed E-state index contributed by atoms with van der Waals surface area (Å²) in [5, 5.41) is 6.97. The van der Waals surface area contributed by atoms with Crippen molar-refractivity contribution >= 4 is 11.3 Å². The molecule has 1 aromatic rings. The van der Waals surface area contributed by atoms with Crippen molar-refractivity contribution in [3.8, 4) is 0 Å². The fourth-order valence-electron chi connectivity index (χ4n) is 2.07. The molecular weight excluding hydrogens is 206 g/mol. The number of nitrogens with one attached hydrogen (secondary N) is 1. The lowest BCUT2D eigenvalue weighted by Gasteiger charge is -2.17. The molecule has 0 amide bonds. The number of hydrogen-bond acceptors (Lipinski definition) is 4. The third-order valence-corrected chi connectivity index (χ3v) is 4.03. The van der Waals surface area contributed by atoms with Crippen LogP contribution in [-0.2, 0) is 0 Å². The maximum Gasteiger partial charge on any atom is 0.110 e. The number of aryl methyl sites for hydroxylation is 1. The van der Waals surface area contributed by atoms with Crippen LogP contribution in [0.3, 0.4) is 0 Å². The van der Waals surface area contributed by atoms with E-state index in [0.29, 0.717) is 12.1 Å². The fourth-order valence-corrected chi connectivity index (χ4v) is 2.88. The predicted octanol–water partition coefficient (Wildman–Crippen LogP) is 1.81. The van der Waals surface area contributed by atoms with Gasteiger partial charge in [0.05, 0.1) is 6.04 Å². The Bertz CT molecular complexity index is 323. The van der Waals surface area contributed by atoms with Crippen molar-refractivity contribution in [2.24, 2.45) is 0 Å². The summed E-state index contributed by atoms with van der Waals surface area (Å²) < 4.78 is 0. The number of rotatable bonds is 3. The van der Waals surface area contributed by atoms with Crippen molar-refractivity contribution in [1.29, 1.82) is 0 Å². The molecule has 2 rings (SSSR count). The monoisotopic (exact) mass is 225 g/mol. The molecule has 0 bridgehead atoms. The molecule has 3 nitrogen and oxygen atoms in total. The van der Waals surface area contributed by atoms with Crippen LogP contribution in [-0.4, -0.2) is 36.1 Å². The van der Waals surface area contributed by atoms with Crippen molar-refractivity contribution in [1.82, 2.24) is 15.2 Å². The van der Waals surface area contributed by atoms with Crippen LogP contribution in [0, 0.1) is 6.92 Å². The molecule has 0 radical (unpaired) electrons. The van der Waals surface area contributed by atoms with E-state index in [-0.39, 0.29) is 0 Å². The molecule has 1 fully saturated rings. The predicted molar refractivity (Wildman–Crippen MR) is 64.3 cm³/mol. The van der Waals surface area contributed by atoms with Gasteiger partial charge in [-0.1, -0.05) is 0 Å². The molecule has 4 heteroatoms. The Labute approximate surface area is 95.5 Å².